The molecule has 80 valence electrons. The van der Waals surface area contributed by atoms with Crippen molar-refractivity contribution in [3.8, 4) is 11.1 Å². The number of aromatic nitrogens is 2. The summed E-state index contributed by atoms with van der Waals surface area (Å²) in [5, 5.41) is 6.52. The van der Waals surface area contributed by atoms with Gasteiger partial charge in [-0.25, -0.2) is 0 Å². The fourth-order valence-corrected chi connectivity index (χ4v) is 2.45. The molecule has 2 N–H and O–H groups in total. The molecule has 0 spiro atoms. The molecule has 2 rings (SSSR count). The average Bonchev–Trinajstić information content (AvgIpc) is 2.82. The molecule has 15 heavy (non-hydrogen) atoms. The lowest BCUT2D eigenvalue weighted by atomic mass is 10.1. The second-order valence-electron chi connectivity index (χ2n) is 3.45. The molecule has 0 bridgehead atoms. The quantitative estimate of drug-likeness (QED) is 0.865. The van der Waals surface area contributed by atoms with Crippen molar-refractivity contribution in [3.05, 3.63) is 28.2 Å². The van der Waals surface area contributed by atoms with Crippen molar-refractivity contribution in [2.45, 2.75) is 26.9 Å². The molecule has 0 radical (unpaired) electrons. The SMILES string of the molecule is CCn1cc(-c2ccsc2CN)c(C)n1. The Hall–Kier alpha value is -1.13. The summed E-state index contributed by atoms with van der Waals surface area (Å²) in [6.45, 7) is 5.64. The van der Waals surface area contributed by atoms with E-state index in [9.17, 15) is 0 Å². The van der Waals surface area contributed by atoms with Crippen molar-refractivity contribution < 1.29 is 0 Å². The van der Waals surface area contributed by atoms with Crippen molar-refractivity contribution in [2.24, 2.45) is 5.73 Å². The molecule has 0 aliphatic carbocycles. The lowest BCUT2D eigenvalue weighted by molar-refractivity contribution is 0.653. The summed E-state index contributed by atoms with van der Waals surface area (Å²) in [5.74, 6) is 0. The number of thiophene rings is 1. The summed E-state index contributed by atoms with van der Waals surface area (Å²) >= 11 is 1.71. The van der Waals surface area contributed by atoms with Gasteiger partial charge in [0.1, 0.15) is 0 Å². The second kappa shape index (κ2) is 4.16. The smallest absolute Gasteiger partial charge is 0.0672 e. The standard InChI is InChI=1S/C11H15N3S/c1-3-14-7-10(8(2)13-14)9-4-5-15-11(9)6-12/h4-5,7H,3,6,12H2,1-2H3. The number of nitrogens with two attached hydrogens (primary N) is 1. The van der Waals surface area contributed by atoms with Gasteiger partial charge in [0.2, 0.25) is 0 Å². The van der Waals surface area contributed by atoms with Crippen molar-refractivity contribution >= 4 is 11.3 Å². The molecule has 0 aliphatic rings. The Balaban J connectivity index is 2.48. The van der Waals surface area contributed by atoms with Crippen LogP contribution in [0.25, 0.3) is 11.1 Å². The van der Waals surface area contributed by atoms with E-state index in [2.05, 4.69) is 29.7 Å². The summed E-state index contributed by atoms with van der Waals surface area (Å²) in [6, 6.07) is 2.12. The van der Waals surface area contributed by atoms with Crippen molar-refractivity contribution in [1.82, 2.24) is 9.78 Å². The largest absolute Gasteiger partial charge is 0.326 e. The zero-order chi connectivity index (χ0) is 10.8. The van der Waals surface area contributed by atoms with Gasteiger partial charge >= 0.3 is 0 Å². The van der Waals surface area contributed by atoms with Gasteiger partial charge in [-0.2, -0.15) is 5.10 Å². The Morgan fingerprint density at radius 3 is 2.87 bits per heavy atom. The monoisotopic (exact) mass is 221 g/mol. The Kier molecular flexibility index (Phi) is 2.88. The van der Waals surface area contributed by atoms with Crippen molar-refractivity contribution in [2.75, 3.05) is 0 Å². The highest BCUT2D eigenvalue weighted by molar-refractivity contribution is 7.10. The molecule has 3 nitrogen and oxygen atoms in total. The molecule has 4 heteroatoms. The Morgan fingerprint density at radius 1 is 1.47 bits per heavy atom. The van der Waals surface area contributed by atoms with Crippen LogP contribution in [0, 0.1) is 6.92 Å². The maximum absolute atomic E-state index is 5.71. The molecule has 0 saturated carbocycles. The topological polar surface area (TPSA) is 43.8 Å². The molecule has 0 aromatic carbocycles. The third-order valence-corrected chi connectivity index (χ3v) is 3.43. The van der Waals surface area contributed by atoms with E-state index in [-0.39, 0.29) is 0 Å². The summed E-state index contributed by atoms with van der Waals surface area (Å²) in [7, 11) is 0. The van der Waals surface area contributed by atoms with Gasteiger partial charge < -0.3 is 5.73 Å². The van der Waals surface area contributed by atoms with Crippen LogP contribution in [0.2, 0.25) is 0 Å². The molecule has 2 heterocycles. The summed E-state index contributed by atoms with van der Waals surface area (Å²) < 4.78 is 1.96. The fourth-order valence-electron chi connectivity index (χ4n) is 1.68. The third-order valence-electron chi connectivity index (χ3n) is 2.49. The molecular formula is C11H15N3S. The van der Waals surface area contributed by atoms with Crippen molar-refractivity contribution in [3.63, 3.8) is 0 Å². The minimum Gasteiger partial charge on any atom is -0.326 e. The molecule has 0 fully saturated rings. The summed E-state index contributed by atoms with van der Waals surface area (Å²) in [5.41, 5.74) is 9.22. The van der Waals surface area contributed by atoms with E-state index in [0.717, 1.165) is 12.2 Å². The molecule has 0 unspecified atom stereocenters. The third kappa shape index (κ3) is 1.82. The first-order chi connectivity index (χ1) is 7.26. The first-order valence-electron chi connectivity index (χ1n) is 5.07. The highest BCUT2D eigenvalue weighted by Crippen LogP contribution is 2.29. The molecule has 2 aromatic heterocycles. The lowest BCUT2D eigenvalue weighted by Crippen LogP contribution is -1.94. The predicted molar refractivity (Wildman–Crippen MR) is 63.8 cm³/mol. The van der Waals surface area contributed by atoms with E-state index < -0.39 is 0 Å². The zero-order valence-electron chi connectivity index (χ0n) is 9.03. The molecule has 0 atom stereocenters. The molecule has 0 saturated heterocycles. The van der Waals surface area contributed by atoms with Crippen LogP contribution in [0.5, 0.6) is 0 Å². The van der Waals surface area contributed by atoms with Gasteiger partial charge in [0.25, 0.3) is 0 Å². The number of aryl methyl sites for hydroxylation is 2. The van der Waals surface area contributed by atoms with E-state index in [1.807, 2.05) is 11.6 Å². The van der Waals surface area contributed by atoms with Crippen LogP contribution in [-0.2, 0) is 13.1 Å². The van der Waals surface area contributed by atoms with Crippen LogP contribution in [0.15, 0.2) is 17.6 Å². The normalized spacial score (nSPS) is 10.9. The van der Waals surface area contributed by atoms with Crippen LogP contribution in [0.1, 0.15) is 17.5 Å². The Morgan fingerprint density at radius 2 is 2.27 bits per heavy atom. The first kappa shape index (κ1) is 10.4. The van der Waals surface area contributed by atoms with Gasteiger partial charge in [0.05, 0.1) is 5.69 Å². The molecule has 2 aromatic rings. The zero-order valence-corrected chi connectivity index (χ0v) is 9.84. The van der Waals surface area contributed by atoms with Gasteiger partial charge in [-0.15, -0.1) is 11.3 Å². The lowest BCUT2D eigenvalue weighted by Gasteiger charge is -1.98. The molecular weight excluding hydrogens is 206 g/mol. The Labute approximate surface area is 93.5 Å². The fraction of sp³-hybridized carbons (Fsp3) is 0.364. The average molecular weight is 221 g/mol. The first-order valence-corrected chi connectivity index (χ1v) is 5.95. The molecule has 0 amide bonds. The highest BCUT2D eigenvalue weighted by Gasteiger charge is 2.11. The predicted octanol–water partition coefficient (Wildman–Crippen LogP) is 2.40. The Bertz CT molecular complexity index is 456. The minimum absolute atomic E-state index is 0.601. The van der Waals surface area contributed by atoms with Crippen LogP contribution in [-0.4, -0.2) is 9.78 Å². The summed E-state index contributed by atoms with van der Waals surface area (Å²) in [4.78, 5) is 1.23. The number of hydrogen-bond acceptors (Lipinski definition) is 3. The van der Waals surface area contributed by atoms with Crippen LogP contribution in [0.3, 0.4) is 0 Å². The van der Waals surface area contributed by atoms with E-state index in [4.69, 9.17) is 5.73 Å². The minimum atomic E-state index is 0.601. The second-order valence-corrected chi connectivity index (χ2v) is 4.45. The highest BCUT2D eigenvalue weighted by atomic mass is 32.1. The van der Waals surface area contributed by atoms with Gasteiger partial charge in [-0.3, -0.25) is 4.68 Å². The van der Waals surface area contributed by atoms with Crippen LogP contribution in [0.4, 0.5) is 0 Å². The van der Waals surface area contributed by atoms with Crippen molar-refractivity contribution in [1.29, 1.82) is 0 Å². The maximum atomic E-state index is 5.71. The van der Waals surface area contributed by atoms with E-state index in [0.29, 0.717) is 6.54 Å². The van der Waals surface area contributed by atoms with Crippen LogP contribution < -0.4 is 5.73 Å². The molecule has 0 aliphatic heterocycles. The van der Waals surface area contributed by atoms with Gasteiger partial charge in [-0.05, 0) is 25.3 Å². The van der Waals surface area contributed by atoms with Gasteiger partial charge in [-0.1, -0.05) is 0 Å². The van der Waals surface area contributed by atoms with Gasteiger partial charge in [0, 0.05) is 35.3 Å². The number of nitrogens with zero attached hydrogens (tertiary/aromatic N) is 2. The summed E-state index contributed by atoms with van der Waals surface area (Å²) in [6.07, 6.45) is 2.09. The van der Waals surface area contributed by atoms with Crippen LogP contribution >= 0.6 is 11.3 Å². The van der Waals surface area contributed by atoms with E-state index in [1.54, 1.807) is 11.3 Å². The maximum Gasteiger partial charge on any atom is 0.0672 e. The number of rotatable bonds is 3. The van der Waals surface area contributed by atoms with E-state index in [1.165, 1.54) is 16.0 Å². The van der Waals surface area contributed by atoms with E-state index >= 15 is 0 Å². The van der Waals surface area contributed by atoms with Gasteiger partial charge in [0.15, 0.2) is 0 Å². The number of hydrogen-bond donors (Lipinski definition) is 1.